The largest absolute Gasteiger partial charge is 0.349 e. The lowest BCUT2D eigenvalue weighted by atomic mass is 9.91. The highest BCUT2D eigenvalue weighted by molar-refractivity contribution is 7.10. The van der Waals surface area contributed by atoms with Gasteiger partial charge in [0.15, 0.2) is 0 Å². The molecule has 0 aliphatic heterocycles. The van der Waals surface area contributed by atoms with E-state index in [1.807, 2.05) is 13.8 Å². The maximum absolute atomic E-state index is 12.2. The van der Waals surface area contributed by atoms with Gasteiger partial charge in [-0.15, -0.1) is 11.3 Å². The highest BCUT2D eigenvalue weighted by Crippen LogP contribution is 2.33. The number of aryl methyl sites for hydroxylation is 1. The van der Waals surface area contributed by atoms with E-state index in [4.69, 9.17) is 5.73 Å². The van der Waals surface area contributed by atoms with E-state index < -0.39 is 0 Å². The first kappa shape index (κ1) is 13.6. The van der Waals surface area contributed by atoms with Crippen LogP contribution in [-0.4, -0.2) is 12.5 Å². The molecule has 1 aromatic rings. The number of carbonyl (C=O) groups excluding carboxylic acids is 1. The van der Waals surface area contributed by atoms with Crippen LogP contribution in [0.15, 0.2) is 11.4 Å². The third kappa shape index (κ3) is 2.75. The van der Waals surface area contributed by atoms with E-state index in [1.54, 1.807) is 11.3 Å². The molecule has 2 rings (SSSR count). The van der Waals surface area contributed by atoms with Gasteiger partial charge >= 0.3 is 0 Å². The Hall–Kier alpha value is -0.870. The summed E-state index contributed by atoms with van der Waals surface area (Å²) in [4.78, 5) is 13.7. The molecule has 100 valence electrons. The molecule has 0 spiro atoms. The first-order valence-corrected chi connectivity index (χ1v) is 7.58. The van der Waals surface area contributed by atoms with Crippen molar-refractivity contribution in [1.82, 2.24) is 5.32 Å². The van der Waals surface area contributed by atoms with E-state index in [-0.39, 0.29) is 17.9 Å². The standard InChI is InChI=1S/C14H22N2OS/c1-9(2)11(8-15)14(17)16-12-4-3-5-13-10(12)6-7-18-13/h6-7,9,11-12H,3-5,8,15H2,1-2H3,(H,16,17). The second-order valence-electron chi connectivity index (χ2n) is 5.34. The molecule has 1 aliphatic rings. The Morgan fingerprint density at radius 2 is 2.39 bits per heavy atom. The van der Waals surface area contributed by atoms with Crippen molar-refractivity contribution < 1.29 is 4.79 Å². The predicted octanol–water partition coefficient (Wildman–Crippen LogP) is 2.47. The molecule has 3 nitrogen and oxygen atoms in total. The van der Waals surface area contributed by atoms with Gasteiger partial charge in [0, 0.05) is 11.4 Å². The number of nitrogens with one attached hydrogen (secondary N) is 1. The van der Waals surface area contributed by atoms with Gasteiger partial charge in [-0.1, -0.05) is 13.8 Å². The second kappa shape index (κ2) is 5.85. The van der Waals surface area contributed by atoms with Crippen LogP contribution < -0.4 is 11.1 Å². The third-order valence-electron chi connectivity index (χ3n) is 3.76. The van der Waals surface area contributed by atoms with Gasteiger partial charge in [-0.2, -0.15) is 0 Å². The second-order valence-corrected chi connectivity index (χ2v) is 6.34. The summed E-state index contributed by atoms with van der Waals surface area (Å²) < 4.78 is 0. The number of hydrogen-bond donors (Lipinski definition) is 2. The predicted molar refractivity (Wildman–Crippen MR) is 75.5 cm³/mol. The lowest BCUT2D eigenvalue weighted by Gasteiger charge is -2.27. The number of hydrogen-bond acceptors (Lipinski definition) is 3. The summed E-state index contributed by atoms with van der Waals surface area (Å²) in [5.74, 6) is 0.325. The van der Waals surface area contributed by atoms with E-state index >= 15 is 0 Å². The van der Waals surface area contributed by atoms with Crippen LogP contribution in [-0.2, 0) is 11.2 Å². The molecule has 0 aromatic carbocycles. The monoisotopic (exact) mass is 266 g/mol. The summed E-state index contributed by atoms with van der Waals surface area (Å²) >= 11 is 1.80. The Bertz CT molecular complexity index is 414. The summed E-state index contributed by atoms with van der Waals surface area (Å²) in [6.07, 6.45) is 3.36. The summed E-state index contributed by atoms with van der Waals surface area (Å²) in [6, 6.07) is 2.34. The van der Waals surface area contributed by atoms with Crippen LogP contribution >= 0.6 is 11.3 Å². The van der Waals surface area contributed by atoms with Gasteiger partial charge in [0.05, 0.1) is 12.0 Å². The van der Waals surface area contributed by atoms with Gasteiger partial charge in [0.25, 0.3) is 0 Å². The maximum atomic E-state index is 12.2. The van der Waals surface area contributed by atoms with Crippen LogP contribution in [0.5, 0.6) is 0 Å². The zero-order valence-corrected chi connectivity index (χ0v) is 11.9. The number of fused-ring (bicyclic) bond motifs is 1. The molecule has 1 amide bonds. The number of thiophene rings is 1. The Morgan fingerprint density at radius 3 is 3.06 bits per heavy atom. The van der Waals surface area contributed by atoms with Crippen LogP contribution in [0.1, 0.15) is 43.2 Å². The van der Waals surface area contributed by atoms with E-state index in [2.05, 4.69) is 16.8 Å². The van der Waals surface area contributed by atoms with Crippen molar-refractivity contribution in [2.45, 2.75) is 39.2 Å². The van der Waals surface area contributed by atoms with Gasteiger partial charge in [-0.3, -0.25) is 4.79 Å². The Kier molecular flexibility index (Phi) is 4.40. The first-order valence-electron chi connectivity index (χ1n) is 6.70. The SMILES string of the molecule is CC(C)C(CN)C(=O)NC1CCCc2sccc21. The minimum atomic E-state index is -0.0750. The fraction of sp³-hybridized carbons (Fsp3) is 0.643. The zero-order valence-electron chi connectivity index (χ0n) is 11.1. The Balaban J connectivity index is 2.05. The number of carbonyl (C=O) groups is 1. The molecule has 3 N–H and O–H groups in total. The summed E-state index contributed by atoms with van der Waals surface area (Å²) in [7, 11) is 0. The smallest absolute Gasteiger partial charge is 0.225 e. The van der Waals surface area contributed by atoms with Gasteiger partial charge < -0.3 is 11.1 Å². The fourth-order valence-corrected chi connectivity index (χ4v) is 3.58. The molecular weight excluding hydrogens is 244 g/mol. The molecule has 0 fully saturated rings. The molecule has 1 aromatic heterocycles. The normalized spacial score (nSPS) is 20.6. The molecule has 18 heavy (non-hydrogen) atoms. The van der Waals surface area contributed by atoms with E-state index in [0.717, 1.165) is 19.3 Å². The number of rotatable bonds is 4. The van der Waals surface area contributed by atoms with Crippen LogP contribution in [0.2, 0.25) is 0 Å². The molecule has 0 saturated carbocycles. The van der Waals surface area contributed by atoms with Crippen molar-refractivity contribution in [3.05, 3.63) is 21.9 Å². The van der Waals surface area contributed by atoms with Crippen LogP contribution in [0.4, 0.5) is 0 Å². The molecule has 0 saturated heterocycles. The Morgan fingerprint density at radius 1 is 1.61 bits per heavy atom. The third-order valence-corrected chi connectivity index (χ3v) is 4.76. The molecule has 0 bridgehead atoms. The van der Waals surface area contributed by atoms with Gasteiger partial charge in [-0.25, -0.2) is 0 Å². The quantitative estimate of drug-likeness (QED) is 0.879. The maximum Gasteiger partial charge on any atom is 0.225 e. The summed E-state index contributed by atoms with van der Waals surface area (Å²) in [6.45, 7) is 4.52. The van der Waals surface area contributed by atoms with Crippen molar-refractivity contribution in [3.8, 4) is 0 Å². The zero-order chi connectivity index (χ0) is 13.1. The topological polar surface area (TPSA) is 55.1 Å². The van der Waals surface area contributed by atoms with E-state index in [9.17, 15) is 4.79 Å². The summed E-state index contributed by atoms with van der Waals surface area (Å²) in [5, 5.41) is 5.30. The first-order chi connectivity index (χ1) is 8.63. The molecule has 2 atom stereocenters. The lowest BCUT2D eigenvalue weighted by molar-refractivity contribution is -0.126. The molecule has 1 heterocycles. The average Bonchev–Trinajstić information content (AvgIpc) is 2.78. The molecular formula is C14H22N2OS. The Labute approximate surface area is 113 Å². The minimum absolute atomic E-state index is 0.0750. The molecule has 1 aliphatic carbocycles. The highest BCUT2D eigenvalue weighted by Gasteiger charge is 2.26. The van der Waals surface area contributed by atoms with Crippen LogP contribution in [0.25, 0.3) is 0 Å². The number of amides is 1. The van der Waals surface area contributed by atoms with Gasteiger partial charge in [0.2, 0.25) is 5.91 Å². The van der Waals surface area contributed by atoms with Crippen molar-refractivity contribution in [1.29, 1.82) is 0 Å². The highest BCUT2D eigenvalue weighted by atomic mass is 32.1. The van der Waals surface area contributed by atoms with Crippen LogP contribution in [0.3, 0.4) is 0 Å². The van der Waals surface area contributed by atoms with Gasteiger partial charge in [-0.05, 0) is 42.2 Å². The molecule has 4 heteroatoms. The minimum Gasteiger partial charge on any atom is -0.349 e. The van der Waals surface area contributed by atoms with Crippen LogP contribution in [0, 0.1) is 11.8 Å². The molecule has 2 unspecified atom stereocenters. The molecule has 0 radical (unpaired) electrons. The van der Waals surface area contributed by atoms with Crippen molar-refractivity contribution in [2.75, 3.05) is 6.54 Å². The fourth-order valence-electron chi connectivity index (χ4n) is 2.60. The number of nitrogens with two attached hydrogens (primary N) is 1. The van der Waals surface area contributed by atoms with Crippen molar-refractivity contribution in [2.24, 2.45) is 17.6 Å². The average molecular weight is 266 g/mol. The van der Waals surface area contributed by atoms with E-state index in [0.29, 0.717) is 12.5 Å². The van der Waals surface area contributed by atoms with E-state index in [1.165, 1.54) is 10.4 Å². The lowest BCUT2D eigenvalue weighted by Crippen LogP contribution is -2.40. The van der Waals surface area contributed by atoms with Gasteiger partial charge in [0.1, 0.15) is 0 Å². The van der Waals surface area contributed by atoms with Crippen molar-refractivity contribution >= 4 is 17.2 Å². The summed E-state index contributed by atoms with van der Waals surface area (Å²) in [5.41, 5.74) is 7.01. The van der Waals surface area contributed by atoms with Crippen molar-refractivity contribution in [3.63, 3.8) is 0 Å².